The number of carbonyl (C=O) groups is 4. The summed E-state index contributed by atoms with van der Waals surface area (Å²) in [5, 5.41) is 0. The summed E-state index contributed by atoms with van der Waals surface area (Å²) in [7, 11) is 0. The zero-order chi connectivity index (χ0) is 24.4. The van der Waals surface area contributed by atoms with E-state index in [4.69, 9.17) is 5.73 Å². The molecule has 3 aliphatic heterocycles. The van der Waals surface area contributed by atoms with Gasteiger partial charge in [0.2, 0.25) is 5.91 Å². The van der Waals surface area contributed by atoms with E-state index in [1.807, 2.05) is 0 Å². The van der Waals surface area contributed by atoms with E-state index in [2.05, 4.69) is 4.98 Å². The van der Waals surface area contributed by atoms with Crippen LogP contribution in [-0.2, 0) is 20.6 Å². The molecule has 0 radical (unpaired) electrons. The molecular formula is C22H24F3N5O4. The molecule has 5 amide bonds. The molecule has 1 spiro atoms. The number of pyridine rings is 1. The zero-order valence-electron chi connectivity index (χ0n) is 18.3. The van der Waals surface area contributed by atoms with Gasteiger partial charge in [0.1, 0.15) is 17.3 Å². The van der Waals surface area contributed by atoms with Crippen LogP contribution in [0.25, 0.3) is 0 Å². The van der Waals surface area contributed by atoms with Gasteiger partial charge in [-0.05, 0) is 50.7 Å². The lowest BCUT2D eigenvalue weighted by Gasteiger charge is -2.35. The number of fused-ring (bicyclic) bond motifs is 1. The van der Waals surface area contributed by atoms with Crippen LogP contribution in [0.1, 0.15) is 57.1 Å². The first-order chi connectivity index (χ1) is 16.1. The second-order valence-electron chi connectivity index (χ2n) is 9.41. The maximum Gasteiger partial charge on any atom is 0.433 e. The second kappa shape index (κ2) is 7.76. The summed E-state index contributed by atoms with van der Waals surface area (Å²) < 4.78 is 38.6. The van der Waals surface area contributed by atoms with E-state index in [1.54, 1.807) is 0 Å². The maximum absolute atomic E-state index is 13.7. The van der Waals surface area contributed by atoms with E-state index in [1.165, 1.54) is 4.90 Å². The van der Waals surface area contributed by atoms with Crippen molar-refractivity contribution < 1.29 is 32.3 Å². The topological polar surface area (TPSA) is 117 Å². The summed E-state index contributed by atoms with van der Waals surface area (Å²) in [6, 6.07) is -1.03. The number of carbonyl (C=O) groups excluding carboxylic acids is 4. The Morgan fingerprint density at radius 3 is 2.38 bits per heavy atom. The van der Waals surface area contributed by atoms with E-state index >= 15 is 0 Å². The van der Waals surface area contributed by atoms with Crippen LogP contribution >= 0.6 is 0 Å². The molecule has 0 bridgehead atoms. The van der Waals surface area contributed by atoms with Crippen molar-refractivity contribution in [3.05, 3.63) is 24.0 Å². The Balaban J connectivity index is 1.44. The molecule has 0 unspecified atom stereocenters. The molecule has 0 aromatic carbocycles. The third-order valence-corrected chi connectivity index (χ3v) is 7.31. The van der Waals surface area contributed by atoms with Crippen molar-refractivity contribution in [1.29, 1.82) is 0 Å². The van der Waals surface area contributed by atoms with Crippen molar-refractivity contribution in [1.82, 2.24) is 14.8 Å². The van der Waals surface area contributed by atoms with Crippen molar-refractivity contribution in [3.63, 3.8) is 0 Å². The second-order valence-corrected chi connectivity index (χ2v) is 9.41. The smallest absolute Gasteiger partial charge is 0.326 e. The highest BCUT2D eigenvalue weighted by atomic mass is 19.4. The van der Waals surface area contributed by atoms with Crippen molar-refractivity contribution in [3.8, 4) is 0 Å². The molecule has 4 heterocycles. The fourth-order valence-corrected chi connectivity index (χ4v) is 5.40. The van der Waals surface area contributed by atoms with E-state index in [0.29, 0.717) is 30.2 Å². The van der Waals surface area contributed by atoms with Gasteiger partial charge in [0.25, 0.3) is 11.8 Å². The monoisotopic (exact) mass is 479 g/mol. The van der Waals surface area contributed by atoms with Crippen LogP contribution in [-0.4, -0.2) is 62.2 Å². The highest BCUT2D eigenvalue weighted by Crippen LogP contribution is 2.50. The number of urea groups is 1. The van der Waals surface area contributed by atoms with E-state index < -0.39 is 47.3 Å². The number of nitrogens with two attached hydrogens (primary N) is 1. The van der Waals surface area contributed by atoms with Gasteiger partial charge < -0.3 is 10.6 Å². The summed E-state index contributed by atoms with van der Waals surface area (Å²) in [4.78, 5) is 59.6. The highest BCUT2D eigenvalue weighted by molar-refractivity contribution is 6.29. The third-order valence-electron chi connectivity index (χ3n) is 7.31. The van der Waals surface area contributed by atoms with Crippen LogP contribution in [0.4, 0.5) is 23.7 Å². The molecule has 3 atom stereocenters. The molecule has 9 nitrogen and oxygen atoms in total. The van der Waals surface area contributed by atoms with Gasteiger partial charge in [0, 0.05) is 6.04 Å². The molecule has 1 saturated carbocycles. The lowest BCUT2D eigenvalue weighted by atomic mass is 9.99. The van der Waals surface area contributed by atoms with Crippen LogP contribution in [0.15, 0.2) is 18.3 Å². The zero-order valence-corrected chi connectivity index (χ0v) is 18.3. The Morgan fingerprint density at radius 2 is 1.76 bits per heavy atom. The molecule has 4 fully saturated rings. The number of alkyl halides is 3. The lowest BCUT2D eigenvalue weighted by Crippen LogP contribution is -2.57. The number of nitrogens with zero attached hydrogens (tertiary/aromatic N) is 4. The number of amides is 5. The molecule has 182 valence electrons. The Kier molecular flexibility index (Phi) is 5.19. The predicted octanol–water partition coefficient (Wildman–Crippen LogP) is 2.19. The first-order valence-corrected chi connectivity index (χ1v) is 11.4. The Hall–Kier alpha value is -3.02. The van der Waals surface area contributed by atoms with Crippen LogP contribution in [0.3, 0.4) is 0 Å². The van der Waals surface area contributed by atoms with Crippen molar-refractivity contribution in [2.24, 2.45) is 5.73 Å². The molecule has 1 aliphatic carbocycles. The first kappa shape index (κ1) is 22.8. The average Bonchev–Trinajstić information content (AvgIpc) is 3.41. The van der Waals surface area contributed by atoms with Crippen LogP contribution in [0, 0.1) is 0 Å². The molecule has 3 saturated heterocycles. The molecule has 4 aliphatic rings. The quantitative estimate of drug-likeness (QED) is 0.650. The summed E-state index contributed by atoms with van der Waals surface area (Å²) in [6.45, 7) is 0. The van der Waals surface area contributed by atoms with Gasteiger partial charge in [-0.25, -0.2) is 19.6 Å². The summed E-state index contributed by atoms with van der Waals surface area (Å²) in [5.74, 6) is -1.63. The van der Waals surface area contributed by atoms with Gasteiger partial charge in [-0.15, -0.1) is 0 Å². The molecule has 2 N–H and O–H groups in total. The van der Waals surface area contributed by atoms with Gasteiger partial charge in [0.15, 0.2) is 0 Å². The maximum atomic E-state index is 13.7. The first-order valence-electron chi connectivity index (χ1n) is 11.4. The van der Waals surface area contributed by atoms with Gasteiger partial charge >= 0.3 is 12.2 Å². The van der Waals surface area contributed by atoms with Crippen LogP contribution in [0.5, 0.6) is 0 Å². The summed E-state index contributed by atoms with van der Waals surface area (Å²) >= 11 is 0. The normalized spacial score (nSPS) is 28.9. The van der Waals surface area contributed by atoms with E-state index in [0.717, 1.165) is 36.4 Å². The van der Waals surface area contributed by atoms with Crippen molar-refractivity contribution in [2.45, 2.75) is 81.2 Å². The lowest BCUT2D eigenvalue weighted by molar-refractivity contribution is -0.146. The molecule has 12 heteroatoms. The van der Waals surface area contributed by atoms with Crippen molar-refractivity contribution >= 4 is 29.4 Å². The summed E-state index contributed by atoms with van der Waals surface area (Å²) in [6.07, 6.45) is 0.575. The molecule has 1 aromatic rings. The number of rotatable bonds is 2. The number of anilines is 1. The van der Waals surface area contributed by atoms with E-state index in [9.17, 15) is 32.3 Å². The average molecular weight is 479 g/mol. The summed E-state index contributed by atoms with van der Waals surface area (Å²) in [5.41, 5.74) is 3.39. The number of hydrogen-bond acceptors (Lipinski definition) is 6. The van der Waals surface area contributed by atoms with Gasteiger partial charge in [-0.1, -0.05) is 12.8 Å². The molecule has 1 aromatic heterocycles. The fraction of sp³-hybridized carbons (Fsp3) is 0.591. The Morgan fingerprint density at radius 1 is 1.06 bits per heavy atom. The Labute approximate surface area is 193 Å². The van der Waals surface area contributed by atoms with E-state index in [-0.39, 0.29) is 30.5 Å². The minimum absolute atomic E-state index is 0.141. The van der Waals surface area contributed by atoms with Gasteiger partial charge in [-0.2, -0.15) is 13.2 Å². The van der Waals surface area contributed by atoms with Crippen LogP contribution < -0.4 is 10.6 Å². The largest absolute Gasteiger partial charge is 0.433 e. The van der Waals surface area contributed by atoms with Gasteiger partial charge in [-0.3, -0.25) is 14.4 Å². The fourth-order valence-electron chi connectivity index (χ4n) is 5.40. The predicted molar refractivity (Wildman–Crippen MR) is 111 cm³/mol. The number of aromatic nitrogens is 1. The number of halogens is 3. The molecular weight excluding hydrogens is 455 g/mol. The van der Waals surface area contributed by atoms with Crippen LogP contribution in [0.2, 0.25) is 0 Å². The SMILES string of the molecule is N[C@H]1CCCC[C@H]2CC[C@@H](C(=O)N3C(=O)N(c4ccc(C(F)(F)F)nc4)C(=O)C34CC4)N2C1=O. The third kappa shape index (κ3) is 3.38. The standard InChI is InChI=1S/C22H24F3N5O4/c23-22(24,25)16-8-6-13(11-27-16)29-19(33)21(9-10-21)30(20(29)34)18(32)15-7-5-12-3-1-2-4-14(26)17(31)28(12)15/h6,8,11-12,14-15H,1-5,7,9-10,26H2/t12-,14-,15-/m0/s1. The molecule has 34 heavy (non-hydrogen) atoms. The number of hydrogen-bond donors (Lipinski definition) is 1. The Bertz CT molecular complexity index is 1060. The molecule has 5 rings (SSSR count). The number of imide groups is 2. The minimum atomic E-state index is -4.67. The van der Waals surface area contributed by atoms with Crippen molar-refractivity contribution in [2.75, 3.05) is 4.90 Å². The highest BCUT2D eigenvalue weighted by Gasteiger charge is 2.68. The van der Waals surface area contributed by atoms with Gasteiger partial charge in [0.05, 0.1) is 17.9 Å². The minimum Gasteiger partial charge on any atom is -0.326 e.